The molecular weight excluding hydrogens is 262 g/mol. The van der Waals surface area contributed by atoms with Gasteiger partial charge in [0.05, 0.1) is 0 Å². The lowest BCUT2D eigenvalue weighted by molar-refractivity contribution is -0.127. The van der Waals surface area contributed by atoms with E-state index in [0.29, 0.717) is 12.3 Å². The Morgan fingerprint density at radius 3 is 3.11 bits per heavy atom. The largest absolute Gasteiger partial charge is 0.342 e. The number of hydrogen-bond donors (Lipinski definition) is 1. The van der Waals surface area contributed by atoms with Gasteiger partial charge in [-0.05, 0) is 40.0 Å². The number of amides is 1. The van der Waals surface area contributed by atoms with Gasteiger partial charge in [0.1, 0.15) is 11.0 Å². The Balaban J connectivity index is 1.69. The van der Waals surface area contributed by atoms with Crippen LogP contribution in [0.25, 0.3) is 11.0 Å². The summed E-state index contributed by atoms with van der Waals surface area (Å²) in [6.07, 6.45) is 1.40. The van der Waals surface area contributed by atoms with E-state index in [4.69, 9.17) is 4.63 Å². The summed E-state index contributed by atoms with van der Waals surface area (Å²) in [6.45, 7) is 1.53. The van der Waals surface area contributed by atoms with Gasteiger partial charge in [0.2, 0.25) is 5.91 Å². The summed E-state index contributed by atoms with van der Waals surface area (Å²) in [5, 5.41) is 7.73. The van der Waals surface area contributed by atoms with Crippen LogP contribution in [0, 0.1) is 5.92 Å². The molecule has 1 aliphatic heterocycles. The van der Waals surface area contributed by atoms with Gasteiger partial charge in [-0.2, -0.15) is 12.6 Å². The van der Waals surface area contributed by atoms with Crippen LogP contribution in [0.5, 0.6) is 0 Å². The Bertz CT molecular complexity index is 598. The maximum absolute atomic E-state index is 11.8. The summed E-state index contributed by atoms with van der Waals surface area (Å²) in [5.74, 6) is 1.38. The average Bonchev–Trinajstić information content (AvgIpc) is 3.02. The number of thiol groups is 1. The zero-order chi connectivity index (χ0) is 13.2. The molecule has 2 aromatic rings. The van der Waals surface area contributed by atoms with Gasteiger partial charge >= 0.3 is 0 Å². The first-order valence-electron chi connectivity index (χ1n) is 6.36. The highest BCUT2D eigenvalue weighted by molar-refractivity contribution is 7.80. The van der Waals surface area contributed by atoms with Crippen molar-refractivity contribution < 1.29 is 9.42 Å². The predicted molar refractivity (Wildman–Crippen MR) is 74.0 cm³/mol. The molecule has 0 bridgehead atoms. The highest BCUT2D eigenvalue weighted by Gasteiger charge is 2.28. The Hall–Kier alpha value is -1.56. The van der Waals surface area contributed by atoms with Crippen molar-refractivity contribution in [2.75, 3.05) is 18.8 Å². The van der Waals surface area contributed by atoms with Gasteiger partial charge in [-0.3, -0.25) is 4.79 Å². The molecule has 1 atom stereocenters. The molecule has 0 saturated carbocycles. The number of likely N-dealkylation sites (tertiary alicyclic amines) is 1. The van der Waals surface area contributed by atoms with Crippen LogP contribution in [0.15, 0.2) is 22.8 Å². The molecule has 100 valence electrons. The van der Waals surface area contributed by atoms with Crippen molar-refractivity contribution in [3.63, 3.8) is 0 Å². The second kappa shape index (κ2) is 5.21. The van der Waals surface area contributed by atoms with E-state index in [-0.39, 0.29) is 5.91 Å². The first-order chi connectivity index (χ1) is 9.28. The van der Waals surface area contributed by atoms with Gasteiger partial charge in [0.15, 0.2) is 0 Å². The smallest absolute Gasteiger partial charge is 0.222 e. The quantitative estimate of drug-likeness (QED) is 0.861. The fraction of sp³-hybridized carbons (Fsp3) is 0.462. The van der Waals surface area contributed by atoms with Gasteiger partial charge < -0.3 is 4.90 Å². The lowest BCUT2D eigenvalue weighted by atomic mass is 10.1. The normalized spacial score (nSPS) is 19.5. The number of fused-ring (bicyclic) bond motifs is 1. The second-order valence-electron chi connectivity index (χ2n) is 4.89. The Morgan fingerprint density at radius 1 is 1.42 bits per heavy atom. The van der Waals surface area contributed by atoms with Crippen LogP contribution in [0.2, 0.25) is 0 Å². The van der Waals surface area contributed by atoms with Gasteiger partial charge in [-0.1, -0.05) is 12.1 Å². The lowest BCUT2D eigenvalue weighted by Crippen LogP contribution is -2.27. The number of hydrogen-bond acceptors (Lipinski definition) is 5. The van der Waals surface area contributed by atoms with Crippen molar-refractivity contribution >= 4 is 29.6 Å². The molecule has 2 heterocycles. The lowest BCUT2D eigenvalue weighted by Gasteiger charge is -2.16. The third-order valence-corrected chi connectivity index (χ3v) is 4.09. The van der Waals surface area contributed by atoms with E-state index >= 15 is 0 Å². The topological polar surface area (TPSA) is 59.2 Å². The average molecular weight is 277 g/mol. The molecule has 1 amide bonds. The summed E-state index contributed by atoms with van der Waals surface area (Å²) >= 11 is 4.27. The van der Waals surface area contributed by atoms with Gasteiger partial charge in [0.25, 0.3) is 0 Å². The number of nitrogens with zero attached hydrogens (tertiary/aromatic N) is 3. The van der Waals surface area contributed by atoms with Crippen LogP contribution in [-0.2, 0) is 11.2 Å². The van der Waals surface area contributed by atoms with Crippen LogP contribution in [-0.4, -0.2) is 40.0 Å². The Kier molecular flexibility index (Phi) is 3.42. The molecule has 19 heavy (non-hydrogen) atoms. The third-order valence-electron chi connectivity index (χ3n) is 3.57. The van der Waals surface area contributed by atoms with E-state index in [2.05, 4.69) is 22.9 Å². The van der Waals surface area contributed by atoms with Crippen molar-refractivity contribution in [3.8, 4) is 0 Å². The molecule has 1 aliphatic rings. The minimum Gasteiger partial charge on any atom is -0.342 e. The second-order valence-corrected chi connectivity index (χ2v) is 5.26. The van der Waals surface area contributed by atoms with Crippen LogP contribution in [0.4, 0.5) is 0 Å². The fourth-order valence-corrected chi connectivity index (χ4v) is 2.76. The zero-order valence-corrected chi connectivity index (χ0v) is 11.3. The number of aromatic nitrogens is 2. The molecule has 1 aromatic carbocycles. The minimum atomic E-state index is 0.226. The summed E-state index contributed by atoms with van der Waals surface area (Å²) in [6, 6.07) is 5.81. The molecule has 0 spiro atoms. The van der Waals surface area contributed by atoms with E-state index in [1.54, 1.807) is 0 Å². The zero-order valence-electron chi connectivity index (χ0n) is 10.5. The van der Waals surface area contributed by atoms with Crippen LogP contribution < -0.4 is 0 Å². The molecule has 1 unspecified atom stereocenters. The number of carbonyl (C=O) groups is 1. The summed E-state index contributed by atoms with van der Waals surface area (Å²) in [4.78, 5) is 13.7. The minimum absolute atomic E-state index is 0.226. The third kappa shape index (κ3) is 2.45. The summed E-state index contributed by atoms with van der Waals surface area (Å²) in [7, 11) is 0. The predicted octanol–water partition coefficient (Wildman–Crippen LogP) is 1.54. The molecule has 0 N–H and O–H groups in total. The van der Waals surface area contributed by atoms with Crippen molar-refractivity contribution in [1.29, 1.82) is 0 Å². The van der Waals surface area contributed by atoms with Crippen LogP contribution in [0.1, 0.15) is 12.0 Å². The monoisotopic (exact) mass is 277 g/mol. The molecule has 5 nitrogen and oxygen atoms in total. The first kappa shape index (κ1) is 12.5. The van der Waals surface area contributed by atoms with E-state index in [1.807, 2.05) is 23.1 Å². The van der Waals surface area contributed by atoms with Gasteiger partial charge in [-0.25, -0.2) is 4.63 Å². The highest BCUT2D eigenvalue weighted by Crippen LogP contribution is 2.20. The molecular formula is C13H15N3O2S. The van der Waals surface area contributed by atoms with E-state index in [1.165, 1.54) is 0 Å². The first-order valence-corrected chi connectivity index (χ1v) is 7.00. The standard InChI is InChI=1S/C13H15N3O2S/c17-12-6-9(8-19)7-16(12)5-4-10-2-1-3-11-13(10)15-18-14-11/h1-3,9,19H,4-8H2. The maximum Gasteiger partial charge on any atom is 0.222 e. The van der Waals surface area contributed by atoms with Crippen molar-refractivity contribution in [2.45, 2.75) is 12.8 Å². The molecule has 3 rings (SSSR count). The summed E-state index contributed by atoms with van der Waals surface area (Å²) in [5.41, 5.74) is 2.62. The molecule has 1 aromatic heterocycles. The van der Waals surface area contributed by atoms with Crippen LogP contribution in [0.3, 0.4) is 0 Å². The van der Waals surface area contributed by atoms with Crippen LogP contribution >= 0.6 is 12.6 Å². The van der Waals surface area contributed by atoms with Crippen molar-refractivity contribution in [3.05, 3.63) is 23.8 Å². The molecule has 6 heteroatoms. The van der Waals surface area contributed by atoms with Crippen molar-refractivity contribution in [2.24, 2.45) is 5.92 Å². The van der Waals surface area contributed by atoms with Gasteiger partial charge in [0, 0.05) is 19.5 Å². The molecule has 1 saturated heterocycles. The SMILES string of the molecule is O=C1CC(CS)CN1CCc1cccc2nonc12. The number of carbonyl (C=O) groups excluding carboxylic acids is 1. The highest BCUT2D eigenvalue weighted by atomic mass is 32.1. The fourth-order valence-electron chi connectivity index (χ4n) is 2.51. The number of rotatable bonds is 4. The Morgan fingerprint density at radius 2 is 2.32 bits per heavy atom. The summed E-state index contributed by atoms with van der Waals surface area (Å²) < 4.78 is 4.74. The molecule has 1 fully saturated rings. The van der Waals surface area contributed by atoms with E-state index in [0.717, 1.165) is 41.9 Å². The van der Waals surface area contributed by atoms with E-state index < -0.39 is 0 Å². The molecule has 0 radical (unpaired) electrons. The van der Waals surface area contributed by atoms with Crippen molar-refractivity contribution in [1.82, 2.24) is 15.2 Å². The number of benzene rings is 1. The maximum atomic E-state index is 11.8. The van der Waals surface area contributed by atoms with E-state index in [9.17, 15) is 4.79 Å². The molecule has 0 aliphatic carbocycles. The Labute approximate surface area is 116 Å². The van der Waals surface area contributed by atoms with Gasteiger partial charge in [-0.15, -0.1) is 0 Å².